The fourth-order valence-corrected chi connectivity index (χ4v) is 8.55. The van der Waals surface area contributed by atoms with Gasteiger partial charge in [-0.15, -0.1) is 0 Å². The van der Waals surface area contributed by atoms with Crippen LogP contribution in [0.1, 0.15) is 296 Å². The number of hydrogen-bond acceptors (Lipinski definition) is 5. The lowest BCUT2D eigenvalue weighted by Gasteiger charge is -2.20. The third-order valence-corrected chi connectivity index (χ3v) is 12.9. The van der Waals surface area contributed by atoms with E-state index in [-0.39, 0.29) is 18.5 Å². The average molecular weight is 901 g/mol. The van der Waals surface area contributed by atoms with Crippen LogP contribution in [0.4, 0.5) is 0 Å². The van der Waals surface area contributed by atoms with E-state index in [1.165, 1.54) is 212 Å². The molecule has 1 amide bonds. The molecule has 2 unspecified atom stereocenters. The van der Waals surface area contributed by atoms with Gasteiger partial charge in [0.1, 0.15) is 0 Å². The van der Waals surface area contributed by atoms with Crippen molar-refractivity contribution in [2.75, 3.05) is 13.2 Å². The summed E-state index contributed by atoms with van der Waals surface area (Å²) >= 11 is 0. The lowest BCUT2D eigenvalue weighted by atomic mass is 10.0. The zero-order chi connectivity index (χ0) is 46.5. The molecule has 0 fully saturated rings. The van der Waals surface area contributed by atoms with Crippen LogP contribution in [0.3, 0.4) is 0 Å². The predicted molar refractivity (Wildman–Crippen MR) is 278 cm³/mol. The van der Waals surface area contributed by atoms with Crippen molar-refractivity contribution in [3.05, 3.63) is 36.5 Å². The van der Waals surface area contributed by atoms with Crippen molar-refractivity contribution in [3.63, 3.8) is 0 Å². The highest BCUT2D eigenvalue weighted by atomic mass is 16.5. The molecular formula is C58H109NO5. The molecule has 0 aromatic rings. The highest BCUT2D eigenvalue weighted by Gasteiger charge is 2.18. The fraction of sp³-hybridized carbons (Fsp3) is 0.862. The van der Waals surface area contributed by atoms with Crippen LogP contribution in [0.2, 0.25) is 0 Å². The summed E-state index contributed by atoms with van der Waals surface area (Å²) in [7, 11) is 0. The van der Waals surface area contributed by atoms with E-state index in [1.54, 1.807) is 6.08 Å². The molecular weight excluding hydrogens is 791 g/mol. The molecule has 0 saturated heterocycles. The van der Waals surface area contributed by atoms with Crippen molar-refractivity contribution < 1.29 is 24.5 Å². The smallest absolute Gasteiger partial charge is 0.305 e. The molecule has 0 radical (unpaired) electrons. The Hall–Kier alpha value is -1.92. The van der Waals surface area contributed by atoms with E-state index in [1.807, 2.05) is 6.08 Å². The molecule has 6 nitrogen and oxygen atoms in total. The van der Waals surface area contributed by atoms with Crippen molar-refractivity contribution in [1.82, 2.24) is 5.32 Å². The van der Waals surface area contributed by atoms with Crippen molar-refractivity contribution in [2.45, 2.75) is 309 Å². The molecule has 64 heavy (non-hydrogen) atoms. The van der Waals surface area contributed by atoms with Gasteiger partial charge in [-0.2, -0.15) is 0 Å². The first-order valence-corrected chi connectivity index (χ1v) is 28.3. The Morgan fingerprint density at radius 2 is 0.781 bits per heavy atom. The van der Waals surface area contributed by atoms with Crippen molar-refractivity contribution in [3.8, 4) is 0 Å². The number of rotatable bonds is 52. The number of nitrogens with one attached hydrogen (secondary N) is 1. The first-order chi connectivity index (χ1) is 31.5. The van der Waals surface area contributed by atoms with Gasteiger partial charge in [-0.05, 0) is 64.2 Å². The van der Waals surface area contributed by atoms with Crippen molar-refractivity contribution in [2.24, 2.45) is 0 Å². The lowest BCUT2D eigenvalue weighted by Crippen LogP contribution is -2.45. The van der Waals surface area contributed by atoms with Gasteiger partial charge in [0.15, 0.2) is 0 Å². The van der Waals surface area contributed by atoms with E-state index in [4.69, 9.17) is 4.74 Å². The Bertz CT molecular complexity index is 1040. The first-order valence-electron chi connectivity index (χ1n) is 28.3. The third kappa shape index (κ3) is 49.5. The maximum atomic E-state index is 12.5. The number of hydrogen-bond donors (Lipinski definition) is 3. The van der Waals surface area contributed by atoms with Crippen molar-refractivity contribution in [1.29, 1.82) is 0 Å². The zero-order valence-electron chi connectivity index (χ0n) is 42.8. The zero-order valence-corrected chi connectivity index (χ0v) is 42.8. The Morgan fingerprint density at radius 1 is 0.438 bits per heavy atom. The van der Waals surface area contributed by atoms with E-state index in [9.17, 15) is 19.8 Å². The molecule has 0 bridgehead atoms. The molecule has 6 heteroatoms. The minimum Gasteiger partial charge on any atom is -0.466 e. The van der Waals surface area contributed by atoms with Crippen LogP contribution in [0.5, 0.6) is 0 Å². The van der Waals surface area contributed by atoms with Crippen LogP contribution < -0.4 is 5.32 Å². The number of allylic oxidation sites excluding steroid dienone is 5. The second kappa shape index (κ2) is 53.7. The maximum absolute atomic E-state index is 12.5. The fourth-order valence-electron chi connectivity index (χ4n) is 8.55. The Labute approximate surface area is 398 Å². The van der Waals surface area contributed by atoms with Gasteiger partial charge in [0.25, 0.3) is 0 Å². The number of ether oxygens (including phenoxy) is 1. The Balaban J connectivity index is 3.46. The van der Waals surface area contributed by atoms with Gasteiger partial charge in [0, 0.05) is 12.8 Å². The van der Waals surface area contributed by atoms with Gasteiger partial charge in [0.05, 0.1) is 25.4 Å². The van der Waals surface area contributed by atoms with E-state index >= 15 is 0 Å². The van der Waals surface area contributed by atoms with Crippen LogP contribution in [0, 0.1) is 0 Å². The second-order valence-corrected chi connectivity index (χ2v) is 19.3. The van der Waals surface area contributed by atoms with E-state index in [0.29, 0.717) is 19.4 Å². The number of amides is 1. The van der Waals surface area contributed by atoms with Crippen LogP contribution >= 0.6 is 0 Å². The monoisotopic (exact) mass is 900 g/mol. The topological polar surface area (TPSA) is 95.9 Å². The molecule has 0 aliphatic carbocycles. The number of esters is 1. The summed E-state index contributed by atoms with van der Waals surface area (Å²) in [6.45, 7) is 4.86. The van der Waals surface area contributed by atoms with Crippen LogP contribution in [-0.2, 0) is 14.3 Å². The van der Waals surface area contributed by atoms with Gasteiger partial charge in [0.2, 0.25) is 5.91 Å². The highest BCUT2D eigenvalue weighted by Crippen LogP contribution is 2.16. The molecule has 2 atom stereocenters. The van der Waals surface area contributed by atoms with Crippen LogP contribution in [-0.4, -0.2) is 47.4 Å². The largest absolute Gasteiger partial charge is 0.466 e. The number of unbranched alkanes of at least 4 members (excludes halogenated alkanes) is 37. The summed E-state index contributed by atoms with van der Waals surface area (Å²) in [6.07, 6.45) is 65.8. The molecule has 0 aliphatic rings. The van der Waals surface area contributed by atoms with Gasteiger partial charge in [-0.25, -0.2) is 0 Å². The third-order valence-electron chi connectivity index (χ3n) is 12.9. The molecule has 0 saturated carbocycles. The van der Waals surface area contributed by atoms with E-state index < -0.39 is 12.1 Å². The summed E-state index contributed by atoms with van der Waals surface area (Å²) < 4.78 is 5.47. The Kier molecular flexibility index (Phi) is 52.1. The van der Waals surface area contributed by atoms with Gasteiger partial charge >= 0.3 is 5.97 Å². The molecule has 0 rings (SSSR count). The lowest BCUT2D eigenvalue weighted by molar-refractivity contribution is -0.143. The SMILES string of the molecule is CCCCC/C=C\C/C=C\CCCCCCCC(=O)OCCCCCCCCCCCCCCCCCCC(=O)NC(CO)C(O)/C=C/CCCCCCCCCCCCCCCC. The molecule has 0 spiro atoms. The molecule has 376 valence electrons. The number of aliphatic hydroxyl groups excluding tert-OH is 2. The first kappa shape index (κ1) is 62.1. The molecule has 3 N–H and O–H groups in total. The molecule has 0 aromatic heterocycles. The maximum Gasteiger partial charge on any atom is 0.305 e. The van der Waals surface area contributed by atoms with Gasteiger partial charge < -0.3 is 20.3 Å². The molecule has 0 aliphatic heterocycles. The molecule has 0 heterocycles. The summed E-state index contributed by atoms with van der Waals surface area (Å²) in [5.41, 5.74) is 0. The quantitative estimate of drug-likeness (QED) is 0.0321. The number of carbonyl (C=O) groups is 2. The normalized spacial score (nSPS) is 12.9. The average Bonchev–Trinajstić information content (AvgIpc) is 3.29. The Morgan fingerprint density at radius 3 is 1.22 bits per heavy atom. The van der Waals surface area contributed by atoms with Gasteiger partial charge in [-0.1, -0.05) is 256 Å². The second-order valence-electron chi connectivity index (χ2n) is 19.3. The predicted octanol–water partition coefficient (Wildman–Crippen LogP) is 17.2. The summed E-state index contributed by atoms with van der Waals surface area (Å²) in [5.74, 6) is -0.0865. The van der Waals surface area contributed by atoms with E-state index in [0.717, 1.165) is 57.8 Å². The van der Waals surface area contributed by atoms with E-state index in [2.05, 4.69) is 43.5 Å². The van der Waals surface area contributed by atoms with Crippen LogP contribution in [0.15, 0.2) is 36.5 Å². The van der Waals surface area contributed by atoms with Crippen LogP contribution in [0.25, 0.3) is 0 Å². The summed E-state index contributed by atoms with van der Waals surface area (Å²) in [5, 5.41) is 23.1. The highest BCUT2D eigenvalue weighted by molar-refractivity contribution is 5.76. The summed E-state index contributed by atoms with van der Waals surface area (Å²) in [4.78, 5) is 24.5. The van der Waals surface area contributed by atoms with Crippen molar-refractivity contribution >= 4 is 11.9 Å². The number of aliphatic hydroxyl groups is 2. The standard InChI is InChI=1S/C58H109NO5/c1-3-5-7-9-11-13-15-17-19-23-26-30-34-38-42-46-50-56(61)55(54-60)59-57(62)51-47-43-39-35-31-27-24-20-21-25-29-33-37-41-45-49-53-64-58(63)52-48-44-40-36-32-28-22-18-16-14-12-10-8-6-4-2/h12,14,18,22,46,50,55-56,60-61H,3-11,13,15-17,19-21,23-45,47-49,51-54H2,1-2H3,(H,59,62)/b14-12-,22-18-,50-46+. The minimum atomic E-state index is -0.850. The minimum absolute atomic E-state index is 0.0120. The summed E-state index contributed by atoms with van der Waals surface area (Å²) in [6, 6.07) is -0.634. The number of carbonyl (C=O) groups excluding carboxylic acids is 2. The van der Waals surface area contributed by atoms with Gasteiger partial charge in [-0.3, -0.25) is 9.59 Å². The molecule has 0 aromatic carbocycles.